The Labute approximate surface area is 257 Å². The smallest absolute Gasteiger partial charge is 0.416 e. The topological polar surface area (TPSA) is 92.6 Å². The first-order valence-corrected chi connectivity index (χ1v) is 17.9. The third-order valence-electron chi connectivity index (χ3n) is 8.79. The molecule has 0 spiro atoms. The van der Waals surface area contributed by atoms with Crippen molar-refractivity contribution in [3.05, 3.63) is 64.7 Å². The number of aromatic nitrogens is 5. The normalized spacial score (nSPS) is 15.0. The highest BCUT2D eigenvalue weighted by atomic mass is 28.4. The molecule has 0 saturated carbocycles. The van der Waals surface area contributed by atoms with Gasteiger partial charge in [-0.05, 0) is 48.3 Å². The van der Waals surface area contributed by atoms with Gasteiger partial charge in [-0.3, -0.25) is 0 Å². The van der Waals surface area contributed by atoms with Gasteiger partial charge in [0.15, 0.2) is 19.8 Å². The maximum atomic E-state index is 13.8. The fraction of sp³-hybridized carbons (Fsp3) is 0.516. The number of halogens is 3. The van der Waals surface area contributed by atoms with E-state index in [9.17, 15) is 13.2 Å². The molecule has 5 rings (SSSR count). The third kappa shape index (κ3) is 6.85. The Morgan fingerprint density at radius 3 is 2.55 bits per heavy atom. The van der Waals surface area contributed by atoms with Crippen LogP contribution in [0.1, 0.15) is 48.8 Å². The molecule has 1 fully saturated rings. The van der Waals surface area contributed by atoms with Crippen LogP contribution >= 0.6 is 0 Å². The van der Waals surface area contributed by atoms with Crippen LogP contribution < -0.4 is 10.2 Å². The molecule has 1 aliphatic rings. The van der Waals surface area contributed by atoms with Gasteiger partial charge in [-0.2, -0.15) is 13.2 Å². The second kappa shape index (κ2) is 12.6. The number of alkyl halides is 3. The number of ether oxygens (including phenoxy) is 1. The van der Waals surface area contributed by atoms with Crippen molar-refractivity contribution in [1.29, 1.82) is 0 Å². The second-order valence-electron chi connectivity index (χ2n) is 12.7. The van der Waals surface area contributed by atoms with Gasteiger partial charge in [0, 0.05) is 51.6 Å². The monoisotopic (exact) mass is 629 g/mol. The van der Waals surface area contributed by atoms with Crippen LogP contribution in [-0.4, -0.2) is 72.3 Å². The molecule has 13 heteroatoms. The maximum Gasteiger partial charge on any atom is 0.416 e. The predicted octanol–water partition coefficient (Wildman–Crippen LogP) is 5.99. The molecule has 44 heavy (non-hydrogen) atoms. The SMILES string of the molecule is Cc1c(Cc2c(CNCCO[Si](C)(C)C(C)(C)C)nc3c(-c4ncc[nH]4)cc(N4CCOCC4)nn23)cccc1C(F)(F)F. The van der Waals surface area contributed by atoms with Crippen molar-refractivity contribution in [3.63, 3.8) is 0 Å². The molecule has 0 bridgehead atoms. The van der Waals surface area contributed by atoms with Gasteiger partial charge in [0.25, 0.3) is 0 Å². The van der Waals surface area contributed by atoms with Crippen molar-refractivity contribution in [2.24, 2.45) is 0 Å². The first kappa shape index (κ1) is 32.1. The van der Waals surface area contributed by atoms with Gasteiger partial charge in [0.2, 0.25) is 0 Å². The summed E-state index contributed by atoms with van der Waals surface area (Å²) in [7, 11) is -1.90. The number of fused-ring (bicyclic) bond motifs is 1. The molecule has 1 aliphatic heterocycles. The average Bonchev–Trinajstić information content (AvgIpc) is 3.61. The lowest BCUT2D eigenvalue weighted by Gasteiger charge is -2.36. The van der Waals surface area contributed by atoms with E-state index in [1.54, 1.807) is 23.0 Å². The van der Waals surface area contributed by atoms with Gasteiger partial charge < -0.3 is 24.4 Å². The average molecular weight is 630 g/mol. The van der Waals surface area contributed by atoms with Crippen LogP contribution in [0.5, 0.6) is 0 Å². The first-order valence-electron chi connectivity index (χ1n) is 15.0. The van der Waals surface area contributed by atoms with Crippen LogP contribution in [0.4, 0.5) is 19.0 Å². The zero-order chi connectivity index (χ0) is 31.7. The van der Waals surface area contributed by atoms with Crippen molar-refractivity contribution in [2.45, 2.75) is 65.0 Å². The molecular weight excluding hydrogens is 587 g/mol. The third-order valence-corrected chi connectivity index (χ3v) is 13.3. The Kier molecular flexibility index (Phi) is 9.22. The summed E-state index contributed by atoms with van der Waals surface area (Å²) < 4.78 is 55.2. The van der Waals surface area contributed by atoms with E-state index in [0.717, 1.165) is 23.1 Å². The summed E-state index contributed by atoms with van der Waals surface area (Å²) in [6, 6.07) is 6.30. The summed E-state index contributed by atoms with van der Waals surface area (Å²) in [5.74, 6) is 1.37. The Balaban J connectivity index is 1.55. The van der Waals surface area contributed by atoms with Gasteiger partial charge in [-0.15, -0.1) is 5.10 Å². The van der Waals surface area contributed by atoms with Crippen LogP contribution in [0.25, 0.3) is 17.0 Å². The number of hydrogen-bond donors (Lipinski definition) is 2. The van der Waals surface area contributed by atoms with E-state index in [0.29, 0.717) is 68.7 Å². The summed E-state index contributed by atoms with van der Waals surface area (Å²) in [5, 5.41) is 8.57. The highest BCUT2D eigenvalue weighted by Gasteiger charge is 2.37. The highest BCUT2D eigenvalue weighted by molar-refractivity contribution is 6.74. The Morgan fingerprint density at radius 2 is 1.89 bits per heavy atom. The van der Waals surface area contributed by atoms with E-state index in [1.165, 1.54) is 13.0 Å². The van der Waals surface area contributed by atoms with Crippen molar-refractivity contribution in [1.82, 2.24) is 29.9 Å². The van der Waals surface area contributed by atoms with Gasteiger partial charge in [0.05, 0.1) is 35.7 Å². The van der Waals surface area contributed by atoms with Crippen molar-refractivity contribution in [2.75, 3.05) is 44.4 Å². The molecule has 0 aliphatic carbocycles. The van der Waals surface area contributed by atoms with Crippen LogP contribution in [0.3, 0.4) is 0 Å². The Morgan fingerprint density at radius 1 is 1.14 bits per heavy atom. The molecule has 4 heterocycles. The molecule has 1 saturated heterocycles. The lowest BCUT2D eigenvalue weighted by molar-refractivity contribution is -0.138. The van der Waals surface area contributed by atoms with Crippen molar-refractivity contribution in [3.8, 4) is 11.4 Å². The predicted molar refractivity (Wildman–Crippen MR) is 167 cm³/mol. The van der Waals surface area contributed by atoms with Crippen LogP contribution in [-0.2, 0) is 28.3 Å². The number of nitrogens with zero attached hydrogens (tertiary/aromatic N) is 5. The minimum Gasteiger partial charge on any atom is -0.416 e. The summed E-state index contributed by atoms with van der Waals surface area (Å²) in [6.45, 7) is 16.7. The number of nitrogens with one attached hydrogen (secondary N) is 2. The van der Waals surface area contributed by atoms with Crippen molar-refractivity contribution >= 4 is 19.8 Å². The molecule has 0 atom stereocenters. The number of H-pyrrole nitrogens is 1. The number of imidazole rings is 2. The van der Waals surface area contributed by atoms with Crippen LogP contribution in [0.2, 0.25) is 18.1 Å². The van der Waals surface area contributed by atoms with Gasteiger partial charge in [-0.25, -0.2) is 14.5 Å². The molecule has 0 radical (unpaired) electrons. The zero-order valence-electron chi connectivity index (χ0n) is 26.3. The van der Waals surface area contributed by atoms with E-state index in [-0.39, 0.29) is 17.0 Å². The number of rotatable bonds is 10. The lowest BCUT2D eigenvalue weighted by atomic mass is 9.98. The van der Waals surface area contributed by atoms with Gasteiger partial charge in [-0.1, -0.05) is 32.9 Å². The Hall–Kier alpha value is -3.26. The summed E-state index contributed by atoms with van der Waals surface area (Å²) >= 11 is 0. The van der Waals surface area contributed by atoms with Gasteiger partial charge >= 0.3 is 6.18 Å². The minimum absolute atomic E-state index is 0.108. The number of morpholine rings is 1. The quantitative estimate of drug-likeness (QED) is 0.165. The minimum atomic E-state index is -4.44. The summed E-state index contributed by atoms with van der Waals surface area (Å²) in [6.07, 6.45) is -0.781. The zero-order valence-corrected chi connectivity index (χ0v) is 27.3. The molecule has 2 N–H and O–H groups in total. The lowest BCUT2D eigenvalue weighted by Crippen LogP contribution is -2.42. The highest BCUT2D eigenvalue weighted by Crippen LogP contribution is 2.37. The molecule has 0 unspecified atom stereocenters. The molecule has 0 amide bonds. The number of benzene rings is 1. The first-order chi connectivity index (χ1) is 20.8. The molecule has 1 aromatic carbocycles. The molecule has 4 aromatic rings. The number of anilines is 1. The van der Waals surface area contributed by atoms with E-state index in [1.807, 2.05) is 6.07 Å². The largest absolute Gasteiger partial charge is 0.416 e. The Bertz CT molecular complexity index is 1570. The van der Waals surface area contributed by atoms with Crippen molar-refractivity contribution < 1.29 is 22.3 Å². The van der Waals surface area contributed by atoms with Gasteiger partial charge in [0.1, 0.15) is 5.82 Å². The molecular formula is C31H42F3N7O2Si. The van der Waals surface area contributed by atoms with Crippen LogP contribution in [0, 0.1) is 6.92 Å². The standard InChI is InChI=1S/C31H42F3N7O2Si/c1-21-22(8-7-9-24(21)31(32,33)34)18-26-25(20-35-12-15-43-44(5,6)30(2,3)4)38-29-23(28-36-10-11-37-28)19-27(39-41(26)29)40-13-16-42-17-14-40/h7-11,19,35H,12-18,20H2,1-6H3,(H,36,37). The van der Waals surface area contributed by atoms with Crippen LogP contribution in [0.15, 0.2) is 36.7 Å². The number of aromatic amines is 1. The van der Waals surface area contributed by atoms with E-state index in [2.05, 4.69) is 54.0 Å². The van der Waals surface area contributed by atoms with E-state index >= 15 is 0 Å². The fourth-order valence-electron chi connectivity index (χ4n) is 5.11. The molecule has 3 aromatic heterocycles. The summed E-state index contributed by atoms with van der Waals surface area (Å²) in [4.78, 5) is 14.8. The van der Waals surface area contributed by atoms with E-state index in [4.69, 9.17) is 19.2 Å². The fourth-order valence-corrected chi connectivity index (χ4v) is 6.16. The number of hydrogen-bond acceptors (Lipinski definition) is 7. The van der Waals surface area contributed by atoms with E-state index < -0.39 is 20.1 Å². The maximum absolute atomic E-state index is 13.8. The molecule has 238 valence electrons. The summed E-state index contributed by atoms with van der Waals surface area (Å²) in [5.41, 5.74) is 2.93. The second-order valence-corrected chi connectivity index (χ2v) is 17.6. The molecule has 9 nitrogen and oxygen atoms in total.